The number of hydrogen-bond donors (Lipinski definition) is 1. The Labute approximate surface area is 121 Å². The lowest BCUT2D eigenvalue weighted by atomic mass is 10.1. The second-order valence-corrected chi connectivity index (χ2v) is 6.99. The van der Waals surface area contributed by atoms with E-state index in [2.05, 4.69) is 30.4 Å². The molecule has 112 valence electrons. The Bertz CT molecular complexity index is 521. The summed E-state index contributed by atoms with van der Waals surface area (Å²) in [5, 5.41) is 0. The Kier molecular flexibility index (Phi) is 4.67. The van der Waals surface area contributed by atoms with Crippen LogP contribution in [0.15, 0.2) is 30.3 Å². The van der Waals surface area contributed by atoms with Gasteiger partial charge in [-0.3, -0.25) is 9.62 Å². The number of nitrogens with one attached hydrogen (secondary N) is 1. The largest absolute Gasteiger partial charge is 0.301 e. The highest BCUT2D eigenvalue weighted by Gasteiger charge is 2.34. The summed E-state index contributed by atoms with van der Waals surface area (Å²) in [7, 11) is -3.48. The molecule has 1 N–H and O–H groups in total. The van der Waals surface area contributed by atoms with Crippen molar-refractivity contribution >= 4 is 15.9 Å². The van der Waals surface area contributed by atoms with Crippen LogP contribution in [0.25, 0.3) is 0 Å². The van der Waals surface area contributed by atoms with Crippen LogP contribution in [0.5, 0.6) is 0 Å². The zero-order valence-electron chi connectivity index (χ0n) is 12.3. The molecule has 6 heteroatoms. The van der Waals surface area contributed by atoms with Crippen molar-refractivity contribution in [2.45, 2.75) is 32.9 Å². The third-order valence-electron chi connectivity index (χ3n) is 3.79. The molecule has 0 aliphatic carbocycles. The van der Waals surface area contributed by atoms with Crippen LogP contribution in [0.2, 0.25) is 0 Å². The molecule has 20 heavy (non-hydrogen) atoms. The quantitative estimate of drug-likeness (QED) is 0.921. The van der Waals surface area contributed by atoms with Gasteiger partial charge in [-0.05, 0) is 32.5 Å². The van der Waals surface area contributed by atoms with E-state index in [4.69, 9.17) is 0 Å². The Morgan fingerprint density at radius 3 is 2.20 bits per heavy atom. The summed E-state index contributed by atoms with van der Waals surface area (Å²) in [6.45, 7) is 8.26. The van der Waals surface area contributed by atoms with Gasteiger partial charge in [-0.1, -0.05) is 25.1 Å². The minimum absolute atomic E-state index is 0.232. The van der Waals surface area contributed by atoms with Crippen LogP contribution in [0.4, 0.5) is 5.69 Å². The molecule has 2 atom stereocenters. The van der Waals surface area contributed by atoms with E-state index in [9.17, 15) is 8.42 Å². The number of hydrogen-bond acceptors (Lipinski definition) is 3. The SMILES string of the molecule is CCN1C(C)CN(S(=O)(=O)Nc2ccccc2)CC1C. The Balaban J connectivity index is 2.11. The summed E-state index contributed by atoms with van der Waals surface area (Å²) >= 11 is 0. The molecule has 0 aromatic heterocycles. The van der Waals surface area contributed by atoms with Crippen LogP contribution in [0.3, 0.4) is 0 Å². The van der Waals surface area contributed by atoms with E-state index in [1.54, 1.807) is 16.4 Å². The number of anilines is 1. The highest BCUT2D eigenvalue weighted by molar-refractivity contribution is 7.90. The molecular weight excluding hydrogens is 274 g/mol. The van der Waals surface area contributed by atoms with Crippen molar-refractivity contribution in [2.24, 2.45) is 0 Å². The maximum Gasteiger partial charge on any atom is 0.301 e. The standard InChI is InChI=1S/C14H23N3O2S/c1-4-17-12(2)10-16(11-13(17)3)20(18,19)15-14-8-6-5-7-9-14/h5-9,12-13,15H,4,10-11H2,1-3H3. The molecule has 2 unspecified atom stereocenters. The maximum atomic E-state index is 12.4. The highest BCUT2D eigenvalue weighted by Crippen LogP contribution is 2.19. The van der Waals surface area contributed by atoms with Gasteiger partial charge >= 0.3 is 10.2 Å². The van der Waals surface area contributed by atoms with Crippen LogP contribution < -0.4 is 4.72 Å². The van der Waals surface area contributed by atoms with E-state index in [-0.39, 0.29) is 12.1 Å². The summed E-state index contributed by atoms with van der Waals surface area (Å²) in [4.78, 5) is 2.33. The van der Waals surface area contributed by atoms with Gasteiger partial charge in [0.2, 0.25) is 0 Å². The fourth-order valence-electron chi connectivity index (χ4n) is 2.85. The van der Waals surface area contributed by atoms with Crippen molar-refractivity contribution in [1.82, 2.24) is 9.21 Å². The van der Waals surface area contributed by atoms with E-state index in [1.807, 2.05) is 18.2 Å². The molecule has 1 aliphatic rings. The number of likely N-dealkylation sites (N-methyl/N-ethyl adjacent to an activating group) is 1. The van der Waals surface area contributed by atoms with Gasteiger partial charge in [0.25, 0.3) is 0 Å². The predicted octanol–water partition coefficient (Wildman–Crippen LogP) is 1.76. The first-order valence-electron chi connectivity index (χ1n) is 7.02. The molecule has 0 saturated carbocycles. The summed E-state index contributed by atoms with van der Waals surface area (Å²) in [5.74, 6) is 0. The van der Waals surface area contributed by atoms with Crippen LogP contribution in [0, 0.1) is 0 Å². The number of benzene rings is 1. The number of piperazine rings is 1. The minimum atomic E-state index is -3.48. The second-order valence-electron chi connectivity index (χ2n) is 5.32. The van der Waals surface area contributed by atoms with Gasteiger partial charge in [0.15, 0.2) is 0 Å². The molecular formula is C14H23N3O2S. The number of nitrogens with zero attached hydrogens (tertiary/aromatic N) is 2. The molecule has 1 aliphatic heterocycles. The summed E-state index contributed by atoms with van der Waals surface area (Å²) in [6.07, 6.45) is 0. The maximum absolute atomic E-state index is 12.4. The van der Waals surface area contributed by atoms with E-state index < -0.39 is 10.2 Å². The normalized spacial score (nSPS) is 25.6. The molecule has 0 radical (unpaired) electrons. The van der Waals surface area contributed by atoms with Crippen molar-refractivity contribution in [1.29, 1.82) is 0 Å². The molecule has 0 amide bonds. The lowest BCUT2D eigenvalue weighted by Crippen LogP contribution is -2.58. The fourth-order valence-corrected chi connectivity index (χ4v) is 4.23. The number of para-hydroxylation sites is 1. The lowest BCUT2D eigenvalue weighted by molar-refractivity contribution is 0.0832. The van der Waals surface area contributed by atoms with Crippen LogP contribution in [0.1, 0.15) is 20.8 Å². The zero-order chi connectivity index (χ0) is 14.8. The van der Waals surface area contributed by atoms with E-state index in [1.165, 1.54) is 0 Å². The second kappa shape index (κ2) is 6.11. The molecule has 1 heterocycles. The van der Waals surface area contributed by atoms with Crippen molar-refractivity contribution in [3.63, 3.8) is 0 Å². The molecule has 5 nitrogen and oxygen atoms in total. The first kappa shape index (κ1) is 15.3. The third-order valence-corrected chi connectivity index (χ3v) is 5.27. The summed E-state index contributed by atoms with van der Waals surface area (Å²) < 4.78 is 29.1. The van der Waals surface area contributed by atoms with Gasteiger partial charge < -0.3 is 0 Å². The van der Waals surface area contributed by atoms with Crippen LogP contribution in [-0.4, -0.2) is 49.3 Å². The molecule has 0 bridgehead atoms. The van der Waals surface area contributed by atoms with Crippen LogP contribution >= 0.6 is 0 Å². The first-order valence-corrected chi connectivity index (χ1v) is 8.46. The highest BCUT2D eigenvalue weighted by atomic mass is 32.2. The van der Waals surface area contributed by atoms with E-state index in [0.717, 1.165) is 6.54 Å². The topological polar surface area (TPSA) is 52.7 Å². The lowest BCUT2D eigenvalue weighted by Gasteiger charge is -2.43. The van der Waals surface area contributed by atoms with E-state index in [0.29, 0.717) is 18.8 Å². The fraction of sp³-hybridized carbons (Fsp3) is 0.571. The average Bonchev–Trinajstić information content (AvgIpc) is 2.39. The van der Waals surface area contributed by atoms with Crippen molar-refractivity contribution < 1.29 is 8.42 Å². The molecule has 0 spiro atoms. The van der Waals surface area contributed by atoms with Gasteiger partial charge in [0.05, 0.1) is 0 Å². The minimum Gasteiger partial charge on any atom is -0.296 e. The summed E-state index contributed by atoms with van der Waals surface area (Å²) in [5.41, 5.74) is 0.603. The third kappa shape index (κ3) is 3.31. The van der Waals surface area contributed by atoms with Crippen LogP contribution in [-0.2, 0) is 10.2 Å². The molecule has 1 saturated heterocycles. The monoisotopic (exact) mass is 297 g/mol. The Morgan fingerprint density at radius 1 is 1.15 bits per heavy atom. The first-order chi connectivity index (χ1) is 9.44. The molecule has 1 aromatic rings. The average molecular weight is 297 g/mol. The summed E-state index contributed by atoms with van der Waals surface area (Å²) in [6, 6.07) is 9.48. The smallest absolute Gasteiger partial charge is 0.296 e. The molecule has 2 rings (SSSR count). The predicted molar refractivity (Wildman–Crippen MR) is 81.9 cm³/mol. The molecule has 1 aromatic carbocycles. The van der Waals surface area contributed by atoms with Gasteiger partial charge in [-0.25, -0.2) is 0 Å². The Hall–Kier alpha value is -1.11. The van der Waals surface area contributed by atoms with E-state index >= 15 is 0 Å². The van der Waals surface area contributed by atoms with Gasteiger partial charge in [0.1, 0.15) is 0 Å². The van der Waals surface area contributed by atoms with Crippen molar-refractivity contribution in [3.05, 3.63) is 30.3 Å². The zero-order valence-corrected chi connectivity index (χ0v) is 13.1. The van der Waals surface area contributed by atoms with Crippen molar-refractivity contribution in [2.75, 3.05) is 24.4 Å². The van der Waals surface area contributed by atoms with Gasteiger partial charge in [-0.2, -0.15) is 12.7 Å². The van der Waals surface area contributed by atoms with Gasteiger partial charge in [0, 0.05) is 30.9 Å². The Morgan fingerprint density at radius 2 is 1.70 bits per heavy atom. The molecule has 1 fully saturated rings. The van der Waals surface area contributed by atoms with Gasteiger partial charge in [-0.15, -0.1) is 0 Å². The number of rotatable bonds is 4. The van der Waals surface area contributed by atoms with Crippen molar-refractivity contribution in [3.8, 4) is 0 Å².